The van der Waals surface area contributed by atoms with Crippen LogP contribution >= 0.6 is 0 Å². The fraction of sp³-hybridized carbons (Fsp3) is 0.727. The lowest BCUT2D eigenvalue weighted by Gasteiger charge is -2.22. The van der Waals surface area contributed by atoms with E-state index in [1.165, 1.54) is 0 Å². The van der Waals surface area contributed by atoms with Crippen LogP contribution < -0.4 is 0 Å². The van der Waals surface area contributed by atoms with Crippen molar-refractivity contribution in [2.75, 3.05) is 6.61 Å². The van der Waals surface area contributed by atoms with Crippen molar-refractivity contribution in [2.45, 2.75) is 39.7 Å². The van der Waals surface area contributed by atoms with Crippen LogP contribution in [0.1, 0.15) is 33.6 Å². The number of allylic oxidation sites excluding steroid dienone is 1. The van der Waals surface area contributed by atoms with Gasteiger partial charge in [0.1, 0.15) is 12.7 Å². The van der Waals surface area contributed by atoms with Crippen molar-refractivity contribution in [3.05, 3.63) is 12.3 Å². The molecule has 0 N–H and O–H groups in total. The van der Waals surface area contributed by atoms with Crippen LogP contribution in [0.4, 0.5) is 0 Å². The first-order valence-electron chi connectivity index (χ1n) is 4.98. The van der Waals surface area contributed by atoms with Crippen LogP contribution in [0.3, 0.4) is 0 Å². The highest BCUT2D eigenvalue weighted by Gasteiger charge is 2.24. The number of carbonyl (C=O) groups excluding carboxylic acids is 1. The molecule has 0 unspecified atom stereocenters. The van der Waals surface area contributed by atoms with Crippen molar-refractivity contribution in [3.63, 3.8) is 0 Å². The van der Waals surface area contributed by atoms with E-state index in [1.807, 2.05) is 26.8 Å². The monoisotopic (exact) mass is 198 g/mol. The van der Waals surface area contributed by atoms with Crippen LogP contribution in [-0.4, -0.2) is 18.7 Å². The maximum atomic E-state index is 11.4. The van der Waals surface area contributed by atoms with Gasteiger partial charge in [-0.25, -0.2) is 0 Å². The summed E-state index contributed by atoms with van der Waals surface area (Å²) in [6.07, 6.45) is 5.61. The third-order valence-electron chi connectivity index (χ3n) is 2.04. The number of esters is 1. The Kier molecular flexibility index (Phi) is 3.55. The van der Waals surface area contributed by atoms with E-state index in [-0.39, 0.29) is 12.1 Å². The number of ether oxygens (including phenoxy) is 2. The molecule has 0 bridgehead atoms. The largest absolute Gasteiger partial charge is 0.495 e. The first kappa shape index (κ1) is 11.1. The summed E-state index contributed by atoms with van der Waals surface area (Å²) in [5.74, 6) is -0.171. The molecule has 0 amide bonds. The van der Waals surface area contributed by atoms with Crippen LogP contribution in [0.2, 0.25) is 0 Å². The highest BCUT2D eigenvalue weighted by atomic mass is 16.6. The van der Waals surface area contributed by atoms with E-state index in [9.17, 15) is 4.79 Å². The Balaban J connectivity index is 2.26. The first-order valence-corrected chi connectivity index (χ1v) is 4.98. The maximum absolute atomic E-state index is 11.4. The lowest BCUT2D eigenvalue weighted by Crippen LogP contribution is -2.28. The molecule has 14 heavy (non-hydrogen) atoms. The SMILES string of the molecule is CC(C)(C)C(=O)OC[C@@H]1CCC=CO1. The minimum atomic E-state index is -0.426. The van der Waals surface area contributed by atoms with Gasteiger partial charge in [-0.2, -0.15) is 0 Å². The lowest BCUT2D eigenvalue weighted by molar-refractivity contribution is -0.156. The summed E-state index contributed by atoms with van der Waals surface area (Å²) in [6, 6.07) is 0. The summed E-state index contributed by atoms with van der Waals surface area (Å²) in [7, 11) is 0. The van der Waals surface area contributed by atoms with Crippen molar-refractivity contribution >= 4 is 5.97 Å². The predicted octanol–water partition coefficient (Wildman–Crippen LogP) is 2.27. The smallest absolute Gasteiger partial charge is 0.311 e. The average molecular weight is 198 g/mol. The Morgan fingerprint density at radius 1 is 1.57 bits per heavy atom. The molecule has 0 aliphatic carbocycles. The van der Waals surface area contributed by atoms with E-state index >= 15 is 0 Å². The van der Waals surface area contributed by atoms with Crippen molar-refractivity contribution in [2.24, 2.45) is 5.41 Å². The highest BCUT2D eigenvalue weighted by molar-refractivity contribution is 5.75. The van der Waals surface area contributed by atoms with E-state index in [0.717, 1.165) is 12.8 Å². The molecule has 80 valence electrons. The van der Waals surface area contributed by atoms with Gasteiger partial charge < -0.3 is 9.47 Å². The van der Waals surface area contributed by atoms with Gasteiger partial charge >= 0.3 is 5.97 Å². The number of hydrogen-bond acceptors (Lipinski definition) is 3. The van der Waals surface area contributed by atoms with Crippen LogP contribution in [0.15, 0.2) is 12.3 Å². The molecule has 1 heterocycles. The van der Waals surface area contributed by atoms with Gasteiger partial charge in [-0.1, -0.05) is 0 Å². The van der Waals surface area contributed by atoms with Gasteiger partial charge in [0.2, 0.25) is 0 Å². The topological polar surface area (TPSA) is 35.5 Å². The van der Waals surface area contributed by atoms with Crippen molar-refractivity contribution in [1.82, 2.24) is 0 Å². The van der Waals surface area contributed by atoms with E-state index in [4.69, 9.17) is 9.47 Å². The molecule has 0 aromatic rings. The van der Waals surface area contributed by atoms with Crippen LogP contribution in [0.5, 0.6) is 0 Å². The molecule has 0 saturated carbocycles. The Hall–Kier alpha value is -0.990. The molecule has 1 aliphatic heterocycles. The van der Waals surface area contributed by atoms with E-state index < -0.39 is 5.41 Å². The zero-order valence-corrected chi connectivity index (χ0v) is 9.08. The predicted molar refractivity (Wildman–Crippen MR) is 53.7 cm³/mol. The second-order valence-corrected chi connectivity index (χ2v) is 4.56. The number of rotatable bonds is 2. The van der Waals surface area contributed by atoms with E-state index in [1.54, 1.807) is 6.26 Å². The summed E-state index contributed by atoms with van der Waals surface area (Å²) in [5, 5.41) is 0. The summed E-state index contributed by atoms with van der Waals surface area (Å²) >= 11 is 0. The van der Waals surface area contributed by atoms with Gasteiger partial charge in [0.05, 0.1) is 11.7 Å². The molecule has 3 heteroatoms. The second-order valence-electron chi connectivity index (χ2n) is 4.56. The lowest BCUT2D eigenvalue weighted by atomic mass is 9.97. The van der Waals surface area contributed by atoms with Crippen LogP contribution in [0.25, 0.3) is 0 Å². The molecule has 1 atom stereocenters. The second kappa shape index (κ2) is 4.49. The summed E-state index contributed by atoms with van der Waals surface area (Å²) in [4.78, 5) is 11.4. The molecule has 0 radical (unpaired) electrons. The first-order chi connectivity index (χ1) is 6.50. The molecule has 1 aliphatic rings. The molecule has 1 rings (SSSR count). The Morgan fingerprint density at radius 2 is 2.29 bits per heavy atom. The van der Waals surface area contributed by atoms with Gasteiger partial charge in [0.25, 0.3) is 0 Å². The fourth-order valence-corrected chi connectivity index (χ4v) is 1.09. The van der Waals surface area contributed by atoms with E-state index in [2.05, 4.69) is 0 Å². The van der Waals surface area contributed by atoms with Crippen molar-refractivity contribution in [3.8, 4) is 0 Å². The molecule has 0 aromatic heterocycles. The fourth-order valence-electron chi connectivity index (χ4n) is 1.09. The van der Waals surface area contributed by atoms with Gasteiger partial charge in [-0.05, 0) is 39.7 Å². The normalized spacial score (nSPS) is 21.5. The number of hydrogen-bond donors (Lipinski definition) is 0. The quantitative estimate of drug-likeness (QED) is 0.638. The van der Waals surface area contributed by atoms with Crippen molar-refractivity contribution in [1.29, 1.82) is 0 Å². The average Bonchev–Trinajstić information content (AvgIpc) is 2.14. The zero-order valence-electron chi connectivity index (χ0n) is 9.08. The van der Waals surface area contributed by atoms with Crippen molar-refractivity contribution < 1.29 is 14.3 Å². The molecule has 0 aromatic carbocycles. The van der Waals surface area contributed by atoms with Gasteiger partial charge in [0.15, 0.2) is 0 Å². The molecule has 0 fully saturated rings. The maximum Gasteiger partial charge on any atom is 0.311 e. The van der Waals surface area contributed by atoms with E-state index in [0.29, 0.717) is 6.61 Å². The summed E-state index contributed by atoms with van der Waals surface area (Å²) in [6.45, 7) is 5.89. The molecular formula is C11H18O3. The molecule has 0 spiro atoms. The number of carbonyl (C=O) groups is 1. The highest BCUT2D eigenvalue weighted by Crippen LogP contribution is 2.17. The van der Waals surface area contributed by atoms with Gasteiger partial charge in [-0.3, -0.25) is 4.79 Å². The summed E-state index contributed by atoms with van der Waals surface area (Å²) < 4.78 is 10.4. The Bertz CT molecular complexity index is 225. The zero-order chi connectivity index (χ0) is 10.6. The Labute approximate surface area is 85.1 Å². The third-order valence-corrected chi connectivity index (χ3v) is 2.04. The molecular weight excluding hydrogens is 180 g/mol. The molecule has 0 saturated heterocycles. The summed E-state index contributed by atoms with van der Waals surface area (Å²) in [5.41, 5.74) is -0.426. The van der Waals surface area contributed by atoms with Gasteiger partial charge in [-0.15, -0.1) is 0 Å². The minimum Gasteiger partial charge on any atom is -0.495 e. The minimum absolute atomic E-state index is 0.0336. The van der Waals surface area contributed by atoms with Gasteiger partial charge in [0, 0.05) is 0 Å². The standard InChI is InChI=1S/C11H18O3/c1-11(2,3)10(12)14-8-9-6-4-5-7-13-9/h5,7,9H,4,6,8H2,1-3H3/t9-/m0/s1. The molecule has 3 nitrogen and oxygen atoms in total. The third kappa shape index (κ3) is 3.40. The van der Waals surface area contributed by atoms with Crippen LogP contribution in [-0.2, 0) is 14.3 Å². The Morgan fingerprint density at radius 3 is 2.79 bits per heavy atom. The van der Waals surface area contributed by atoms with Crippen LogP contribution in [0, 0.1) is 5.41 Å².